The number of hydrogen-bond donors (Lipinski definition) is 0. The van der Waals surface area contributed by atoms with Crippen LogP contribution in [-0.4, -0.2) is 15.0 Å². The lowest BCUT2D eigenvalue weighted by atomic mass is 9.70. The second kappa shape index (κ2) is 13.6. The van der Waals surface area contributed by atoms with E-state index in [1.54, 1.807) is 0 Å². The van der Waals surface area contributed by atoms with Crippen molar-refractivity contribution in [2.45, 2.75) is 5.41 Å². The summed E-state index contributed by atoms with van der Waals surface area (Å²) >= 11 is 1.87. The molecule has 0 N–H and O–H groups in total. The molecule has 13 rings (SSSR count). The SMILES string of the molecule is c1ccc(-c2nc(-c3ccc(-c4ccc(-c5cccc6c5sc5ccccc56)cc4)cc3)nc(-c3ccc4c(c3)-c3ccccc3C43c4ccccc4-c4ccccc43)n2)cc1. The smallest absolute Gasteiger partial charge is 0.164 e. The van der Waals surface area contributed by atoms with Crippen molar-refractivity contribution < 1.29 is 0 Å². The van der Waals surface area contributed by atoms with E-state index in [0.29, 0.717) is 17.5 Å². The third kappa shape index (κ3) is 5.14. The van der Waals surface area contributed by atoms with Crippen LogP contribution in [-0.2, 0) is 5.41 Å². The lowest BCUT2D eigenvalue weighted by Crippen LogP contribution is -2.25. The summed E-state index contributed by atoms with van der Waals surface area (Å²) < 4.78 is 2.65. The number of benzene rings is 9. The van der Waals surface area contributed by atoms with Crippen molar-refractivity contribution in [3.63, 3.8) is 0 Å². The van der Waals surface area contributed by atoms with Gasteiger partial charge in [0, 0.05) is 36.9 Å². The first-order valence-electron chi connectivity index (χ1n) is 21.1. The molecule has 4 heteroatoms. The number of rotatable bonds is 5. The summed E-state index contributed by atoms with van der Waals surface area (Å²) in [6.45, 7) is 0. The first-order valence-corrected chi connectivity index (χ1v) is 21.9. The van der Waals surface area contributed by atoms with Gasteiger partial charge in [0.15, 0.2) is 17.5 Å². The maximum atomic E-state index is 5.21. The van der Waals surface area contributed by atoms with Crippen LogP contribution in [0, 0.1) is 0 Å². The first kappa shape index (κ1) is 35.0. The Labute approximate surface area is 363 Å². The maximum Gasteiger partial charge on any atom is 0.164 e. The number of thiophene rings is 1. The van der Waals surface area contributed by atoms with Crippen molar-refractivity contribution in [1.29, 1.82) is 0 Å². The van der Waals surface area contributed by atoms with E-state index in [0.717, 1.165) is 27.8 Å². The minimum atomic E-state index is -0.396. The van der Waals surface area contributed by atoms with E-state index in [2.05, 4.69) is 194 Å². The Balaban J connectivity index is 0.888. The van der Waals surface area contributed by atoms with E-state index in [1.165, 1.54) is 75.8 Å². The molecule has 3 nitrogen and oxygen atoms in total. The molecule has 0 aliphatic heterocycles. The Morgan fingerprint density at radius 2 is 0.726 bits per heavy atom. The van der Waals surface area contributed by atoms with E-state index in [-0.39, 0.29) is 0 Å². The first-order chi connectivity index (χ1) is 30.7. The van der Waals surface area contributed by atoms with Gasteiger partial charge in [-0.3, -0.25) is 0 Å². The van der Waals surface area contributed by atoms with Crippen LogP contribution in [0.4, 0.5) is 0 Å². The molecule has 0 atom stereocenters. The van der Waals surface area contributed by atoms with E-state index in [9.17, 15) is 0 Å². The zero-order chi connectivity index (χ0) is 40.8. The second-order valence-corrected chi connectivity index (χ2v) is 17.3. The molecule has 11 aromatic rings. The minimum absolute atomic E-state index is 0.396. The molecule has 9 aromatic carbocycles. The van der Waals surface area contributed by atoms with Gasteiger partial charge in [-0.25, -0.2) is 15.0 Å². The lowest BCUT2D eigenvalue weighted by molar-refractivity contribution is 0.794. The molecule has 62 heavy (non-hydrogen) atoms. The van der Waals surface area contributed by atoms with Crippen molar-refractivity contribution >= 4 is 31.5 Å². The molecule has 2 aromatic heterocycles. The minimum Gasteiger partial charge on any atom is -0.208 e. The molecular formula is C58H35N3S. The summed E-state index contributed by atoms with van der Waals surface area (Å²) in [6.07, 6.45) is 0. The summed E-state index contributed by atoms with van der Waals surface area (Å²) in [5.41, 5.74) is 17.6. The number of aromatic nitrogens is 3. The lowest BCUT2D eigenvalue weighted by Gasteiger charge is -2.30. The predicted octanol–water partition coefficient (Wildman–Crippen LogP) is 14.9. The highest BCUT2D eigenvalue weighted by Gasteiger charge is 2.51. The number of hydrogen-bond acceptors (Lipinski definition) is 4. The molecule has 0 fully saturated rings. The predicted molar refractivity (Wildman–Crippen MR) is 256 cm³/mol. The van der Waals surface area contributed by atoms with Gasteiger partial charge in [0.05, 0.1) is 5.41 Å². The van der Waals surface area contributed by atoms with E-state index >= 15 is 0 Å². The number of fused-ring (bicyclic) bond motifs is 13. The third-order valence-corrected chi connectivity index (χ3v) is 14.2. The molecule has 0 unspecified atom stereocenters. The quantitative estimate of drug-likeness (QED) is 0.174. The van der Waals surface area contributed by atoms with Crippen LogP contribution in [0.3, 0.4) is 0 Å². The van der Waals surface area contributed by atoms with Gasteiger partial charge in [-0.1, -0.05) is 200 Å². The summed E-state index contributed by atoms with van der Waals surface area (Å²) in [6, 6.07) is 76.7. The highest BCUT2D eigenvalue weighted by molar-refractivity contribution is 7.26. The second-order valence-electron chi connectivity index (χ2n) is 16.3. The fourth-order valence-corrected chi connectivity index (χ4v) is 11.5. The maximum absolute atomic E-state index is 5.21. The Bertz CT molecular complexity index is 3520. The molecule has 1 spiro atoms. The highest BCUT2D eigenvalue weighted by Crippen LogP contribution is 2.63. The zero-order valence-electron chi connectivity index (χ0n) is 33.5. The van der Waals surface area contributed by atoms with Gasteiger partial charge in [-0.05, 0) is 78.9 Å². The van der Waals surface area contributed by atoms with Crippen molar-refractivity contribution in [2.24, 2.45) is 0 Å². The van der Waals surface area contributed by atoms with E-state index < -0.39 is 5.41 Å². The Hall–Kier alpha value is -7.79. The van der Waals surface area contributed by atoms with E-state index in [1.807, 2.05) is 29.5 Å². The molecule has 0 bridgehead atoms. The van der Waals surface area contributed by atoms with Gasteiger partial charge in [0.2, 0.25) is 0 Å². The van der Waals surface area contributed by atoms with Crippen molar-refractivity contribution in [3.8, 4) is 78.7 Å². The van der Waals surface area contributed by atoms with Crippen LogP contribution in [0.5, 0.6) is 0 Å². The average molecular weight is 806 g/mol. The summed E-state index contributed by atoms with van der Waals surface area (Å²) in [5.74, 6) is 1.94. The number of nitrogens with zero attached hydrogens (tertiary/aromatic N) is 3. The van der Waals surface area contributed by atoms with Gasteiger partial charge < -0.3 is 0 Å². The zero-order valence-corrected chi connectivity index (χ0v) is 34.3. The Kier molecular flexibility index (Phi) is 7.69. The molecule has 0 saturated heterocycles. The Morgan fingerprint density at radius 1 is 0.290 bits per heavy atom. The van der Waals surface area contributed by atoms with Gasteiger partial charge in [-0.2, -0.15) is 0 Å². The summed E-state index contributed by atoms with van der Waals surface area (Å²) in [7, 11) is 0. The van der Waals surface area contributed by atoms with Crippen molar-refractivity contribution in [1.82, 2.24) is 15.0 Å². The van der Waals surface area contributed by atoms with Gasteiger partial charge in [0.25, 0.3) is 0 Å². The van der Waals surface area contributed by atoms with Gasteiger partial charge in [0.1, 0.15) is 0 Å². The molecule has 2 heterocycles. The standard InChI is InChI=1S/C58H35N3S/c1-2-13-39(14-3-1)55-59-56(40-31-27-37(28-32-40)36-25-29-38(30-26-36)42-19-12-20-47-46-18-7-11-24-53(46)62-54(42)47)61-57(60-55)41-33-34-52-48(35-41)45-17-6-10-23-51(45)58(52)49-21-8-4-15-43(49)44-16-5-9-22-50(44)58/h1-35H. The molecular weight excluding hydrogens is 771 g/mol. The molecule has 2 aliphatic carbocycles. The molecule has 2 aliphatic rings. The summed E-state index contributed by atoms with van der Waals surface area (Å²) in [4.78, 5) is 15.4. The topological polar surface area (TPSA) is 38.7 Å². The largest absolute Gasteiger partial charge is 0.208 e. The molecule has 288 valence electrons. The fraction of sp³-hybridized carbons (Fsp3) is 0.0172. The van der Waals surface area contributed by atoms with Crippen LogP contribution in [0.2, 0.25) is 0 Å². The van der Waals surface area contributed by atoms with Crippen LogP contribution >= 0.6 is 11.3 Å². The van der Waals surface area contributed by atoms with Gasteiger partial charge >= 0.3 is 0 Å². The normalized spacial score (nSPS) is 13.0. The van der Waals surface area contributed by atoms with Crippen LogP contribution in [0.1, 0.15) is 22.3 Å². The monoisotopic (exact) mass is 805 g/mol. The summed E-state index contributed by atoms with van der Waals surface area (Å²) in [5, 5.41) is 2.64. The van der Waals surface area contributed by atoms with Crippen LogP contribution in [0.25, 0.3) is 98.8 Å². The van der Waals surface area contributed by atoms with Gasteiger partial charge in [-0.15, -0.1) is 11.3 Å². The van der Waals surface area contributed by atoms with Crippen molar-refractivity contribution in [3.05, 3.63) is 235 Å². The average Bonchev–Trinajstić information content (AvgIpc) is 3.98. The van der Waals surface area contributed by atoms with Crippen LogP contribution < -0.4 is 0 Å². The molecule has 0 saturated carbocycles. The third-order valence-electron chi connectivity index (χ3n) is 13.0. The fourth-order valence-electron chi connectivity index (χ4n) is 10.2. The van der Waals surface area contributed by atoms with E-state index in [4.69, 9.17) is 15.0 Å². The molecule has 0 amide bonds. The highest BCUT2D eigenvalue weighted by atomic mass is 32.1. The van der Waals surface area contributed by atoms with Crippen molar-refractivity contribution in [2.75, 3.05) is 0 Å². The molecule has 0 radical (unpaired) electrons. The Morgan fingerprint density at radius 3 is 1.37 bits per heavy atom. The van der Waals surface area contributed by atoms with Crippen LogP contribution in [0.15, 0.2) is 212 Å².